The highest BCUT2D eigenvalue weighted by atomic mass is 14.2. The molecule has 0 atom stereocenters. The highest BCUT2D eigenvalue weighted by Crippen LogP contribution is 2.45. The van der Waals surface area contributed by atoms with Crippen molar-refractivity contribution in [3.8, 4) is 22.3 Å². The predicted molar refractivity (Wildman–Crippen MR) is 147 cm³/mol. The molecule has 34 heavy (non-hydrogen) atoms. The van der Waals surface area contributed by atoms with Crippen LogP contribution >= 0.6 is 0 Å². The fraction of sp³-hybridized carbons (Fsp3) is 0. The van der Waals surface area contributed by atoms with Gasteiger partial charge in [0, 0.05) is 0 Å². The van der Waals surface area contributed by atoms with Crippen LogP contribution in [0.15, 0.2) is 133 Å². The molecule has 0 unspecified atom stereocenters. The Morgan fingerprint density at radius 2 is 0.912 bits per heavy atom. The van der Waals surface area contributed by atoms with Crippen molar-refractivity contribution in [3.63, 3.8) is 0 Å². The van der Waals surface area contributed by atoms with Gasteiger partial charge in [-0.25, -0.2) is 0 Å². The fourth-order valence-corrected chi connectivity index (χ4v) is 5.52. The monoisotopic (exact) mass is 430 g/mol. The van der Waals surface area contributed by atoms with Gasteiger partial charge in [0.2, 0.25) is 0 Å². The van der Waals surface area contributed by atoms with E-state index in [9.17, 15) is 0 Å². The molecule has 0 N–H and O–H groups in total. The summed E-state index contributed by atoms with van der Waals surface area (Å²) in [4.78, 5) is 0. The van der Waals surface area contributed by atoms with Crippen LogP contribution in [0, 0.1) is 0 Å². The van der Waals surface area contributed by atoms with Gasteiger partial charge in [0.25, 0.3) is 0 Å². The zero-order valence-electron chi connectivity index (χ0n) is 18.7. The van der Waals surface area contributed by atoms with Gasteiger partial charge in [0.05, 0.1) is 0 Å². The summed E-state index contributed by atoms with van der Waals surface area (Å²) >= 11 is 0. The van der Waals surface area contributed by atoms with E-state index in [4.69, 9.17) is 0 Å². The van der Waals surface area contributed by atoms with Crippen molar-refractivity contribution in [3.05, 3.63) is 133 Å². The third-order valence-corrected chi connectivity index (χ3v) is 7.01. The minimum absolute atomic E-state index is 1.25. The summed E-state index contributed by atoms with van der Waals surface area (Å²) in [7, 11) is 0. The van der Waals surface area contributed by atoms with Crippen LogP contribution in [0.2, 0.25) is 0 Å². The normalized spacial score (nSPS) is 11.5. The molecule has 0 heterocycles. The lowest BCUT2D eigenvalue weighted by Gasteiger charge is -2.18. The summed E-state index contributed by atoms with van der Waals surface area (Å²) in [5.41, 5.74) is 5.12. The second kappa shape index (κ2) is 7.57. The molecule has 0 aliphatic rings. The topological polar surface area (TPSA) is 0 Å². The number of fused-ring (bicyclic) bond motifs is 5. The second-order valence-corrected chi connectivity index (χ2v) is 8.93. The summed E-state index contributed by atoms with van der Waals surface area (Å²) in [6.07, 6.45) is 0. The zero-order valence-corrected chi connectivity index (χ0v) is 18.7. The molecular weight excluding hydrogens is 408 g/mol. The highest BCUT2D eigenvalue weighted by molar-refractivity contribution is 6.23. The number of benzene rings is 7. The van der Waals surface area contributed by atoms with E-state index in [-0.39, 0.29) is 0 Å². The first kappa shape index (κ1) is 19.1. The lowest BCUT2D eigenvalue weighted by Crippen LogP contribution is -1.91. The molecule has 0 saturated carbocycles. The Bertz CT molecular complexity index is 1840. The van der Waals surface area contributed by atoms with E-state index in [1.165, 1.54) is 65.3 Å². The Balaban J connectivity index is 1.74. The van der Waals surface area contributed by atoms with Crippen LogP contribution in [0.4, 0.5) is 0 Å². The quantitative estimate of drug-likeness (QED) is 0.189. The Labute approximate surface area is 198 Å². The van der Waals surface area contributed by atoms with Gasteiger partial charge in [0.15, 0.2) is 0 Å². The average Bonchev–Trinajstić information content (AvgIpc) is 2.91. The van der Waals surface area contributed by atoms with Gasteiger partial charge in [-0.2, -0.15) is 0 Å². The molecule has 0 saturated heterocycles. The molecule has 0 amide bonds. The molecule has 158 valence electrons. The molecule has 0 aromatic heterocycles. The lowest BCUT2D eigenvalue weighted by atomic mass is 9.85. The minimum atomic E-state index is 1.25. The number of hydrogen-bond acceptors (Lipinski definition) is 0. The molecule has 7 rings (SSSR count). The lowest BCUT2D eigenvalue weighted by molar-refractivity contribution is 1.65. The summed E-state index contributed by atoms with van der Waals surface area (Å²) in [5, 5.41) is 10.3. The molecule has 0 heteroatoms. The largest absolute Gasteiger partial charge is 0.0622 e. The van der Waals surface area contributed by atoms with E-state index in [1.54, 1.807) is 0 Å². The summed E-state index contributed by atoms with van der Waals surface area (Å²) in [5.74, 6) is 0. The molecular formula is C34H22. The van der Waals surface area contributed by atoms with E-state index < -0.39 is 0 Å². The Morgan fingerprint density at radius 3 is 1.71 bits per heavy atom. The predicted octanol–water partition coefficient (Wildman–Crippen LogP) is 9.63. The van der Waals surface area contributed by atoms with Crippen LogP contribution in [0.3, 0.4) is 0 Å². The van der Waals surface area contributed by atoms with E-state index in [0.717, 1.165) is 0 Å². The molecule has 0 fully saturated rings. The molecule has 0 aliphatic carbocycles. The van der Waals surface area contributed by atoms with Crippen molar-refractivity contribution >= 4 is 43.1 Å². The number of hydrogen-bond donors (Lipinski definition) is 0. The van der Waals surface area contributed by atoms with Crippen molar-refractivity contribution in [2.75, 3.05) is 0 Å². The first-order valence-electron chi connectivity index (χ1n) is 11.8. The maximum absolute atomic E-state index is 2.39. The van der Waals surface area contributed by atoms with Crippen molar-refractivity contribution < 1.29 is 0 Å². The standard InChI is InChI=1S/C34H22/c1-2-11-23(12-3-1)28-20-10-15-26-21-24-13-5-7-17-29(24)34(33(26)28)32-22-25-14-4-6-16-27(25)30-18-8-9-19-31(30)32/h1-22H. The first-order chi connectivity index (χ1) is 16.9. The van der Waals surface area contributed by atoms with Gasteiger partial charge in [0.1, 0.15) is 0 Å². The van der Waals surface area contributed by atoms with E-state index >= 15 is 0 Å². The maximum atomic E-state index is 2.39. The number of rotatable bonds is 2. The van der Waals surface area contributed by atoms with Crippen LogP contribution in [-0.2, 0) is 0 Å². The molecule has 0 spiro atoms. The Kier molecular flexibility index (Phi) is 4.25. The van der Waals surface area contributed by atoms with Crippen LogP contribution in [0.25, 0.3) is 65.3 Å². The molecule has 7 aromatic rings. The van der Waals surface area contributed by atoms with Crippen molar-refractivity contribution in [2.24, 2.45) is 0 Å². The van der Waals surface area contributed by atoms with Gasteiger partial charge in [-0.15, -0.1) is 0 Å². The van der Waals surface area contributed by atoms with Crippen molar-refractivity contribution in [2.45, 2.75) is 0 Å². The first-order valence-corrected chi connectivity index (χ1v) is 11.8. The van der Waals surface area contributed by atoms with Gasteiger partial charge in [-0.05, 0) is 77.5 Å². The van der Waals surface area contributed by atoms with Crippen LogP contribution < -0.4 is 0 Å². The maximum Gasteiger partial charge on any atom is -0.00141 e. The summed E-state index contributed by atoms with van der Waals surface area (Å²) < 4.78 is 0. The van der Waals surface area contributed by atoms with E-state index in [2.05, 4.69) is 133 Å². The fourth-order valence-electron chi connectivity index (χ4n) is 5.52. The van der Waals surface area contributed by atoms with Crippen molar-refractivity contribution in [1.29, 1.82) is 0 Å². The summed E-state index contributed by atoms with van der Waals surface area (Å²) in [6.45, 7) is 0. The molecule has 0 bridgehead atoms. The minimum Gasteiger partial charge on any atom is -0.0622 e. The average molecular weight is 431 g/mol. The van der Waals surface area contributed by atoms with E-state index in [1.807, 2.05) is 0 Å². The molecule has 0 nitrogen and oxygen atoms in total. The van der Waals surface area contributed by atoms with Crippen LogP contribution in [0.1, 0.15) is 0 Å². The third kappa shape index (κ3) is 2.86. The van der Waals surface area contributed by atoms with Crippen molar-refractivity contribution in [1.82, 2.24) is 0 Å². The summed E-state index contributed by atoms with van der Waals surface area (Å²) in [6, 6.07) is 48.6. The van der Waals surface area contributed by atoms with Gasteiger partial charge < -0.3 is 0 Å². The van der Waals surface area contributed by atoms with Crippen LogP contribution in [-0.4, -0.2) is 0 Å². The Hall–Kier alpha value is -4.42. The van der Waals surface area contributed by atoms with Gasteiger partial charge >= 0.3 is 0 Å². The molecule has 0 radical (unpaired) electrons. The van der Waals surface area contributed by atoms with Gasteiger partial charge in [-0.3, -0.25) is 0 Å². The highest BCUT2D eigenvalue weighted by Gasteiger charge is 2.17. The molecule has 0 aliphatic heterocycles. The second-order valence-electron chi connectivity index (χ2n) is 8.93. The molecule has 7 aromatic carbocycles. The zero-order chi connectivity index (χ0) is 22.5. The van der Waals surface area contributed by atoms with Crippen LogP contribution in [0.5, 0.6) is 0 Å². The third-order valence-electron chi connectivity index (χ3n) is 7.01. The SMILES string of the molecule is c1ccc(-c2cccc3cc4ccccc4c(-c4cc5ccccc5c5ccccc45)c23)cc1. The van der Waals surface area contributed by atoms with E-state index in [0.29, 0.717) is 0 Å². The Morgan fingerprint density at radius 1 is 0.324 bits per heavy atom. The van der Waals surface area contributed by atoms with Gasteiger partial charge in [-0.1, -0.05) is 121 Å². The smallest absolute Gasteiger partial charge is 0.00141 e.